The summed E-state index contributed by atoms with van der Waals surface area (Å²) in [5.41, 5.74) is 6.72. The fourth-order valence-corrected chi connectivity index (χ4v) is 3.97. The molecule has 0 saturated heterocycles. The number of nitrogens with zero attached hydrogens (tertiary/aromatic N) is 3. The molecule has 0 radical (unpaired) electrons. The summed E-state index contributed by atoms with van der Waals surface area (Å²) in [6, 6.07) is 0. The molecule has 0 atom stereocenters. The maximum Gasteiger partial charge on any atom is 0.206 e. The molecule has 0 unspecified atom stereocenters. The molecular formula is C17H24BrN3. The molecule has 1 aliphatic heterocycles. The first kappa shape index (κ1) is 14.9. The summed E-state index contributed by atoms with van der Waals surface area (Å²) in [7, 11) is 0. The first-order valence-electron chi connectivity index (χ1n) is 8.02. The highest BCUT2D eigenvalue weighted by molar-refractivity contribution is 9.10. The fourth-order valence-electron chi connectivity index (χ4n) is 3.55. The molecule has 0 fully saturated rings. The number of benzene rings is 1. The van der Waals surface area contributed by atoms with Crippen LogP contribution in [0.1, 0.15) is 43.4 Å². The molecule has 0 aliphatic carbocycles. The Morgan fingerprint density at radius 1 is 1.24 bits per heavy atom. The molecular weight excluding hydrogens is 326 g/mol. The first-order valence-corrected chi connectivity index (χ1v) is 8.82. The fraction of sp³-hybridized carbons (Fsp3) is 0.588. The zero-order chi connectivity index (χ0) is 15.1. The van der Waals surface area contributed by atoms with E-state index >= 15 is 0 Å². The van der Waals surface area contributed by atoms with Crippen LogP contribution in [0.4, 0.5) is 5.95 Å². The Morgan fingerprint density at radius 3 is 2.67 bits per heavy atom. The topological polar surface area (TPSA) is 21.1 Å². The van der Waals surface area contributed by atoms with Crippen LogP contribution in [0.15, 0.2) is 4.47 Å². The smallest absolute Gasteiger partial charge is 0.206 e. The van der Waals surface area contributed by atoms with Crippen molar-refractivity contribution in [3.05, 3.63) is 21.2 Å². The highest BCUT2D eigenvalue weighted by Crippen LogP contribution is 2.38. The van der Waals surface area contributed by atoms with Crippen molar-refractivity contribution in [3.8, 4) is 0 Å². The Morgan fingerprint density at radius 2 is 2.00 bits per heavy atom. The van der Waals surface area contributed by atoms with Crippen molar-refractivity contribution in [3.63, 3.8) is 0 Å². The van der Waals surface area contributed by atoms with Gasteiger partial charge in [0.1, 0.15) is 0 Å². The van der Waals surface area contributed by atoms with Crippen molar-refractivity contribution in [1.82, 2.24) is 9.55 Å². The van der Waals surface area contributed by atoms with Crippen LogP contribution in [0.25, 0.3) is 11.0 Å². The highest BCUT2D eigenvalue weighted by atomic mass is 79.9. The van der Waals surface area contributed by atoms with Crippen LogP contribution in [-0.4, -0.2) is 22.6 Å². The molecule has 1 aromatic carbocycles. The molecule has 1 aromatic heterocycles. The van der Waals surface area contributed by atoms with E-state index < -0.39 is 0 Å². The second-order valence-electron chi connectivity index (χ2n) is 5.99. The Hall–Kier alpha value is -1.03. The van der Waals surface area contributed by atoms with Gasteiger partial charge in [0, 0.05) is 24.1 Å². The largest absolute Gasteiger partial charge is 0.343 e. The van der Waals surface area contributed by atoms with Gasteiger partial charge in [-0.25, -0.2) is 4.98 Å². The van der Waals surface area contributed by atoms with Crippen LogP contribution < -0.4 is 4.90 Å². The summed E-state index contributed by atoms with van der Waals surface area (Å²) < 4.78 is 3.70. The molecule has 0 bridgehead atoms. The predicted octanol–water partition coefficient (Wildman–Crippen LogP) is 4.60. The minimum absolute atomic E-state index is 1.02. The minimum atomic E-state index is 1.02. The third-order valence-corrected chi connectivity index (χ3v) is 5.86. The molecule has 0 saturated carbocycles. The van der Waals surface area contributed by atoms with Gasteiger partial charge in [-0.1, -0.05) is 22.9 Å². The lowest BCUT2D eigenvalue weighted by Crippen LogP contribution is -2.27. The van der Waals surface area contributed by atoms with Crippen LogP contribution in [0.2, 0.25) is 0 Å². The maximum absolute atomic E-state index is 5.03. The highest BCUT2D eigenvalue weighted by Gasteiger charge is 2.25. The number of imidazole rings is 1. The number of aryl methyl sites for hydroxylation is 3. The molecule has 2 heterocycles. The summed E-state index contributed by atoms with van der Waals surface area (Å²) in [5, 5.41) is 0. The van der Waals surface area contributed by atoms with Gasteiger partial charge in [-0.2, -0.15) is 0 Å². The van der Waals surface area contributed by atoms with Crippen molar-refractivity contribution < 1.29 is 0 Å². The molecule has 4 heteroatoms. The van der Waals surface area contributed by atoms with E-state index in [4.69, 9.17) is 4.98 Å². The second-order valence-corrected chi connectivity index (χ2v) is 6.78. The number of halogens is 1. The SMILES string of the molecule is CCCN(CC)c1nc2c(C)c(Br)c(C)c3c2n1CCC3. The van der Waals surface area contributed by atoms with Crippen molar-refractivity contribution in [2.24, 2.45) is 0 Å². The van der Waals surface area contributed by atoms with Crippen molar-refractivity contribution in [2.75, 3.05) is 18.0 Å². The van der Waals surface area contributed by atoms with E-state index in [2.05, 4.69) is 53.1 Å². The maximum atomic E-state index is 5.03. The van der Waals surface area contributed by atoms with Gasteiger partial charge in [0.15, 0.2) is 0 Å². The van der Waals surface area contributed by atoms with Crippen molar-refractivity contribution in [1.29, 1.82) is 0 Å². The van der Waals surface area contributed by atoms with Crippen molar-refractivity contribution >= 4 is 32.9 Å². The molecule has 0 amide bonds. The Labute approximate surface area is 135 Å². The zero-order valence-corrected chi connectivity index (χ0v) is 15.0. The second kappa shape index (κ2) is 5.64. The van der Waals surface area contributed by atoms with E-state index in [9.17, 15) is 0 Å². The minimum Gasteiger partial charge on any atom is -0.343 e. The molecule has 114 valence electrons. The van der Waals surface area contributed by atoms with Gasteiger partial charge in [0.25, 0.3) is 0 Å². The Kier molecular flexibility index (Phi) is 4.00. The molecule has 3 rings (SSSR count). The van der Waals surface area contributed by atoms with E-state index in [1.165, 1.54) is 45.0 Å². The van der Waals surface area contributed by atoms with Gasteiger partial charge in [-0.05, 0) is 56.7 Å². The number of aromatic nitrogens is 2. The average Bonchev–Trinajstić information content (AvgIpc) is 2.89. The summed E-state index contributed by atoms with van der Waals surface area (Å²) in [5.74, 6) is 1.16. The third-order valence-electron chi connectivity index (χ3n) is 4.67. The van der Waals surface area contributed by atoms with Crippen molar-refractivity contribution in [2.45, 2.75) is 53.5 Å². The van der Waals surface area contributed by atoms with Gasteiger partial charge in [0.2, 0.25) is 5.95 Å². The summed E-state index contributed by atoms with van der Waals surface area (Å²) >= 11 is 3.77. The van der Waals surface area contributed by atoms with Gasteiger partial charge in [0.05, 0.1) is 11.0 Å². The molecule has 0 spiro atoms. The molecule has 0 N–H and O–H groups in total. The summed E-state index contributed by atoms with van der Waals surface area (Å²) in [4.78, 5) is 7.45. The van der Waals surface area contributed by atoms with Gasteiger partial charge >= 0.3 is 0 Å². The number of anilines is 1. The molecule has 2 aromatic rings. The van der Waals surface area contributed by atoms with Gasteiger partial charge in [-0.3, -0.25) is 0 Å². The van der Waals surface area contributed by atoms with Crippen LogP contribution >= 0.6 is 15.9 Å². The molecule has 3 nitrogen and oxygen atoms in total. The number of rotatable bonds is 4. The predicted molar refractivity (Wildman–Crippen MR) is 93.4 cm³/mol. The number of hydrogen-bond acceptors (Lipinski definition) is 2. The summed E-state index contributed by atoms with van der Waals surface area (Å²) in [6.45, 7) is 12.1. The van der Waals surface area contributed by atoms with Crippen LogP contribution in [0.5, 0.6) is 0 Å². The third kappa shape index (κ3) is 2.19. The van der Waals surface area contributed by atoms with Crippen LogP contribution in [0.3, 0.4) is 0 Å². The van der Waals surface area contributed by atoms with Gasteiger partial charge < -0.3 is 9.47 Å². The van der Waals surface area contributed by atoms with Crippen LogP contribution in [-0.2, 0) is 13.0 Å². The van der Waals surface area contributed by atoms with E-state index in [0.29, 0.717) is 0 Å². The monoisotopic (exact) mass is 349 g/mol. The van der Waals surface area contributed by atoms with Crippen LogP contribution in [0, 0.1) is 13.8 Å². The lowest BCUT2D eigenvalue weighted by atomic mass is 9.97. The van der Waals surface area contributed by atoms with E-state index in [0.717, 1.165) is 32.0 Å². The lowest BCUT2D eigenvalue weighted by Gasteiger charge is -2.25. The molecule has 21 heavy (non-hydrogen) atoms. The van der Waals surface area contributed by atoms with E-state index in [1.54, 1.807) is 0 Å². The Bertz CT molecular complexity index is 687. The molecule has 1 aliphatic rings. The Balaban J connectivity index is 2.31. The first-order chi connectivity index (χ1) is 10.1. The van der Waals surface area contributed by atoms with E-state index in [-0.39, 0.29) is 0 Å². The number of hydrogen-bond donors (Lipinski definition) is 0. The normalized spacial score (nSPS) is 14.0. The summed E-state index contributed by atoms with van der Waals surface area (Å²) in [6.07, 6.45) is 3.54. The quantitative estimate of drug-likeness (QED) is 0.804. The zero-order valence-electron chi connectivity index (χ0n) is 13.5. The average molecular weight is 350 g/mol. The van der Waals surface area contributed by atoms with E-state index in [1.807, 2.05) is 0 Å². The lowest BCUT2D eigenvalue weighted by molar-refractivity contribution is 0.613. The standard InChI is InChI=1S/C17H24BrN3/c1-5-9-20(6-2)17-19-15-12(4)14(18)11(3)13-8-7-10-21(17)16(13)15/h5-10H2,1-4H3. The van der Waals surface area contributed by atoms with Gasteiger partial charge in [-0.15, -0.1) is 0 Å².